The zero-order valence-electron chi connectivity index (χ0n) is 12.4. The van der Waals surface area contributed by atoms with Gasteiger partial charge in [0.05, 0.1) is 12.1 Å². The van der Waals surface area contributed by atoms with Gasteiger partial charge in [-0.2, -0.15) is 0 Å². The number of rotatable bonds is 2. The zero-order valence-corrected chi connectivity index (χ0v) is 13.2. The fraction of sp³-hybridized carbons (Fsp3) is 0.188. The highest BCUT2D eigenvalue weighted by atomic mass is 35.5. The standard InChI is InChI=1S/C16H13ClFN5O/c17-10-3-6-15(24)12(7-10)13-8-14(9-1-4-11(18)5-2-9)23-16(19-13)20-21-22-23/h1-7,13-14,24H,8H2,(H,19,20,22)/t13-,14+/m1/s1. The van der Waals surface area contributed by atoms with E-state index in [2.05, 4.69) is 20.8 Å². The van der Waals surface area contributed by atoms with Crippen LogP contribution in [0, 0.1) is 5.82 Å². The van der Waals surface area contributed by atoms with Gasteiger partial charge in [-0.05, 0) is 52.7 Å². The van der Waals surface area contributed by atoms with Crippen LogP contribution in [0.15, 0.2) is 42.5 Å². The molecule has 0 radical (unpaired) electrons. The van der Waals surface area contributed by atoms with Gasteiger partial charge < -0.3 is 10.4 Å². The van der Waals surface area contributed by atoms with Crippen molar-refractivity contribution < 1.29 is 9.50 Å². The molecule has 122 valence electrons. The van der Waals surface area contributed by atoms with Gasteiger partial charge in [0.25, 0.3) is 0 Å². The Bertz CT molecular complexity index is 882. The van der Waals surface area contributed by atoms with Crippen molar-refractivity contribution in [3.05, 3.63) is 64.4 Å². The number of benzene rings is 2. The van der Waals surface area contributed by atoms with E-state index in [0.717, 1.165) is 5.56 Å². The van der Waals surface area contributed by atoms with Crippen LogP contribution in [0.2, 0.25) is 5.02 Å². The van der Waals surface area contributed by atoms with Crippen LogP contribution < -0.4 is 5.32 Å². The number of phenols is 1. The Hall–Kier alpha value is -2.67. The van der Waals surface area contributed by atoms with E-state index < -0.39 is 0 Å². The third-order valence-corrected chi connectivity index (χ3v) is 4.41. The second-order valence-corrected chi connectivity index (χ2v) is 6.09. The van der Waals surface area contributed by atoms with Crippen LogP contribution in [0.4, 0.5) is 10.3 Å². The summed E-state index contributed by atoms with van der Waals surface area (Å²) in [5.41, 5.74) is 1.56. The maximum Gasteiger partial charge on any atom is 0.243 e. The van der Waals surface area contributed by atoms with Crippen LogP contribution in [0.25, 0.3) is 0 Å². The molecule has 2 atom stereocenters. The maximum absolute atomic E-state index is 13.2. The van der Waals surface area contributed by atoms with Gasteiger partial charge in [-0.15, -0.1) is 0 Å². The highest BCUT2D eigenvalue weighted by Crippen LogP contribution is 2.40. The predicted octanol–water partition coefficient (Wildman–Crippen LogP) is 3.32. The molecule has 24 heavy (non-hydrogen) atoms. The summed E-state index contributed by atoms with van der Waals surface area (Å²) in [6.45, 7) is 0. The summed E-state index contributed by atoms with van der Waals surface area (Å²) in [7, 11) is 0. The van der Waals surface area contributed by atoms with Gasteiger partial charge in [0.15, 0.2) is 0 Å². The lowest BCUT2D eigenvalue weighted by molar-refractivity contribution is 0.409. The lowest BCUT2D eigenvalue weighted by Crippen LogP contribution is -2.28. The SMILES string of the molecule is Oc1ccc(Cl)cc1[C@H]1C[C@@H](c2ccc(F)cc2)n2nnnc2N1. The van der Waals surface area contributed by atoms with Crippen LogP contribution in [-0.2, 0) is 0 Å². The number of halogens is 2. The average Bonchev–Trinajstić information content (AvgIpc) is 3.05. The van der Waals surface area contributed by atoms with E-state index in [4.69, 9.17) is 11.6 Å². The van der Waals surface area contributed by atoms with Gasteiger partial charge >= 0.3 is 0 Å². The van der Waals surface area contributed by atoms with Crippen molar-refractivity contribution in [1.82, 2.24) is 20.2 Å². The zero-order chi connectivity index (χ0) is 16.7. The van der Waals surface area contributed by atoms with E-state index >= 15 is 0 Å². The Morgan fingerprint density at radius 2 is 2.00 bits per heavy atom. The number of nitrogens with one attached hydrogen (secondary N) is 1. The van der Waals surface area contributed by atoms with E-state index in [9.17, 15) is 9.50 Å². The number of nitrogens with zero attached hydrogens (tertiary/aromatic N) is 4. The first kappa shape index (κ1) is 14.9. The van der Waals surface area contributed by atoms with Gasteiger partial charge in [-0.1, -0.05) is 28.8 Å². The Balaban J connectivity index is 1.76. The molecular formula is C16H13ClFN5O. The second-order valence-electron chi connectivity index (χ2n) is 5.65. The smallest absolute Gasteiger partial charge is 0.243 e. The molecular weight excluding hydrogens is 333 g/mol. The molecule has 1 aliphatic heterocycles. The number of hydrogen-bond acceptors (Lipinski definition) is 5. The summed E-state index contributed by atoms with van der Waals surface area (Å²) in [5.74, 6) is 0.337. The molecule has 8 heteroatoms. The van der Waals surface area contributed by atoms with E-state index in [1.54, 1.807) is 35.0 Å². The Kier molecular flexibility index (Phi) is 3.57. The molecule has 0 spiro atoms. The minimum absolute atomic E-state index is 0.149. The molecule has 0 fully saturated rings. The highest BCUT2D eigenvalue weighted by molar-refractivity contribution is 6.30. The van der Waals surface area contributed by atoms with Crippen molar-refractivity contribution in [3.8, 4) is 5.75 Å². The maximum atomic E-state index is 13.2. The molecule has 4 rings (SSSR count). The van der Waals surface area contributed by atoms with Crippen LogP contribution in [0.1, 0.15) is 29.6 Å². The lowest BCUT2D eigenvalue weighted by Gasteiger charge is -2.31. The summed E-state index contributed by atoms with van der Waals surface area (Å²) in [5, 5.41) is 25.6. The molecule has 0 aliphatic carbocycles. The monoisotopic (exact) mass is 345 g/mol. The van der Waals surface area contributed by atoms with E-state index in [0.29, 0.717) is 23.0 Å². The number of aromatic nitrogens is 4. The normalized spacial score (nSPS) is 19.6. The molecule has 2 aromatic carbocycles. The van der Waals surface area contributed by atoms with E-state index in [-0.39, 0.29) is 23.7 Å². The Labute approximate surface area is 141 Å². The molecule has 2 heterocycles. The summed E-state index contributed by atoms with van der Waals surface area (Å²) in [4.78, 5) is 0. The summed E-state index contributed by atoms with van der Waals surface area (Å²) in [6, 6.07) is 10.7. The van der Waals surface area contributed by atoms with Crippen molar-refractivity contribution in [2.24, 2.45) is 0 Å². The molecule has 0 bridgehead atoms. The molecule has 0 saturated heterocycles. The van der Waals surface area contributed by atoms with Gasteiger partial charge in [0.2, 0.25) is 5.95 Å². The van der Waals surface area contributed by atoms with Crippen molar-refractivity contribution >= 4 is 17.5 Å². The van der Waals surface area contributed by atoms with Gasteiger partial charge in [-0.25, -0.2) is 9.07 Å². The quantitative estimate of drug-likeness (QED) is 0.745. The van der Waals surface area contributed by atoms with Crippen molar-refractivity contribution in [2.75, 3.05) is 5.32 Å². The Morgan fingerprint density at radius 3 is 2.79 bits per heavy atom. The number of aromatic hydroxyl groups is 1. The van der Waals surface area contributed by atoms with Crippen LogP contribution in [0.5, 0.6) is 5.75 Å². The molecule has 1 aromatic heterocycles. The number of tetrazole rings is 1. The van der Waals surface area contributed by atoms with Crippen LogP contribution in [-0.4, -0.2) is 25.3 Å². The fourth-order valence-corrected chi connectivity index (χ4v) is 3.19. The average molecular weight is 346 g/mol. The van der Waals surface area contributed by atoms with Crippen molar-refractivity contribution in [1.29, 1.82) is 0 Å². The van der Waals surface area contributed by atoms with Gasteiger partial charge in [0.1, 0.15) is 11.6 Å². The largest absolute Gasteiger partial charge is 0.508 e. The predicted molar refractivity (Wildman–Crippen MR) is 86.5 cm³/mol. The van der Waals surface area contributed by atoms with Gasteiger partial charge in [-0.3, -0.25) is 0 Å². The molecule has 3 aromatic rings. The number of fused-ring (bicyclic) bond motifs is 1. The van der Waals surface area contributed by atoms with Crippen molar-refractivity contribution in [2.45, 2.75) is 18.5 Å². The molecule has 6 nitrogen and oxygen atoms in total. The summed E-state index contributed by atoms with van der Waals surface area (Å²) in [6.07, 6.45) is 0.581. The van der Waals surface area contributed by atoms with E-state index in [1.165, 1.54) is 12.1 Å². The lowest BCUT2D eigenvalue weighted by atomic mass is 9.93. The second kappa shape index (κ2) is 5.76. The van der Waals surface area contributed by atoms with Crippen molar-refractivity contribution in [3.63, 3.8) is 0 Å². The number of phenolic OH excluding ortho intramolecular Hbond substituents is 1. The third kappa shape index (κ3) is 2.56. The summed E-state index contributed by atoms with van der Waals surface area (Å²) >= 11 is 6.06. The first-order valence-electron chi connectivity index (χ1n) is 7.40. The topological polar surface area (TPSA) is 75.9 Å². The molecule has 0 amide bonds. The molecule has 1 aliphatic rings. The molecule has 2 N–H and O–H groups in total. The molecule has 0 saturated carbocycles. The number of anilines is 1. The van der Waals surface area contributed by atoms with Gasteiger partial charge in [0, 0.05) is 10.6 Å². The third-order valence-electron chi connectivity index (χ3n) is 4.17. The summed E-state index contributed by atoms with van der Waals surface area (Å²) < 4.78 is 14.9. The first-order valence-corrected chi connectivity index (χ1v) is 7.78. The highest BCUT2D eigenvalue weighted by Gasteiger charge is 2.31. The Morgan fingerprint density at radius 1 is 1.21 bits per heavy atom. The van der Waals surface area contributed by atoms with Crippen LogP contribution >= 0.6 is 11.6 Å². The minimum atomic E-state index is -0.298. The van der Waals surface area contributed by atoms with E-state index in [1.807, 2.05) is 0 Å². The first-order chi connectivity index (χ1) is 11.6. The fourth-order valence-electron chi connectivity index (χ4n) is 3.01. The number of hydrogen-bond donors (Lipinski definition) is 2. The minimum Gasteiger partial charge on any atom is -0.508 e. The molecule has 0 unspecified atom stereocenters. The van der Waals surface area contributed by atoms with Crippen LogP contribution in [0.3, 0.4) is 0 Å².